The molecule has 0 spiro atoms. The number of rotatable bonds is 10. The zero-order valence-electron chi connectivity index (χ0n) is 19.0. The molecule has 0 bridgehead atoms. The molecule has 0 aromatic heterocycles. The lowest BCUT2D eigenvalue weighted by Crippen LogP contribution is -2.24. The molecule has 170 valence electrons. The van der Waals surface area contributed by atoms with Gasteiger partial charge < -0.3 is 15.2 Å². The number of carbonyl (C=O) groups excluding carboxylic acids is 1. The first-order valence-corrected chi connectivity index (χ1v) is 11.0. The van der Waals surface area contributed by atoms with E-state index in [1.165, 1.54) is 0 Å². The Hall–Kier alpha value is -3.86. The van der Waals surface area contributed by atoms with Gasteiger partial charge in [-0.05, 0) is 55.2 Å². The van der Waals surface area contributed by atoms with Crippen LogP contribution in [0.2, 0.25) is 0 Å². The molecule has 0 saturated heterocycles. The van der Waals surface area contributed by atoms with Crippen LogP contribution in [0.5, 0.6) is 5.75 Å². The van der Waals surface area contributed by atoms with E-state index in [1.54, 1.807) is 0 Å². The van der Waals surface area contributed by atoms with Crippen molar-refractivity contribution in [3.63, 3.8) is 0 Å². The van der Waals surface area contributed by atoms with E-state index in [-0.39, 0.29) is 12.3 Å². The Morgan fingerprint density at radius 1 is 0.939 bits per heavy atom. The zero-order chi connectivity index (χ0) is 23.6. The maximum atomic E-state index is 12.8. The fourth-order valence-electron chi connectivity index (χ4n) is 3.47. The highest BCUT2D eigenvalue weighted by Gasteiger charge is 2.11. The van der Waals surface area contributed by atoms with E-state index in [9.17, 15) is 9.59 Å². The second-order valence-corrected chi connectivity index (χ2v) is 7.94. The van der Waals surface area contributed by atoms with Crippen LogP contribution in [-0.4, -0.2) is 23.6 Å². The topological polar surface area (TPSA) is 75.6 Å². The van der Waals surface area contributed by atoms with Gasteiger partial charge in [-0.25, -0.2) is 0 Å². The van der Waals surface area contributed by atoms with Crippen molar-refractivity contribution in [3.05, 3.63) is 101 Å². The minimum Gasteiger partial charge on any atom is -0.489 e. The number of hydrogen-bond donors (Lipinski definition) is 2. The fourth-order valence-corrected chi connectivity index (χ4v) is 3.47. The molecular weight excluding hydrogens is 414 g/mol. The lowest BCUT2D eigenvalue weighted by Gasteiger charge is -2.13. The van der Waals surface area contributed by atoms with E-state index in [4.69, 9.17) is 9.84 Å². The highest BCUT2D eigenvalue weighted by molar-refractivity contribution is 5.96. The van der Waals surface area contributed by atoms with E-state index in [0.29, 0.717) is 30.9 Å². The number of benzene rings is 3. The molecule has 0 fully saturated rings. The van der Waals surface area contributed by atoms with Crippen molar-refractivity contribution in [2.45, 2.75) is 33.2 Å². The molecule has 0 heterocycles. The molecule has 3 aromatic carbocycles. The van der Waals surface area contributed by atoms with Crippen LogP contribution in [0.4, 0.5) is 0 Å². The number of ether oxygens (including phenoxy) is 1. The fraction of sp³-hybridized carbons (Fsp3) is 0.214. The molecule has 5 nitrogen and oxygen atoms in total. The minimum absolute atomic E-state index is 0.108. The predicted octanol–water partition coefficient (Wildman–Crippen LogP) is 5.78. The number of hydrogen-bond acceptors (Lipinski definition) is 3. The van der Waals surface area contributed by atoms with Gasteiger partial charge in [0.05, 0.1) is 0 Å². The average Bonchev–Trinajstić information content (AvgIpc) is 2.82. The van der Waals surface area contributed by atoms with Gasteiger partial charge in [-0.2, -0.15) is 0 Å². The predicted molar refractivity (Wildman–Crippen MR) is 130 cm³/mol. The van der Waals surface area contributed by atoms with Crippen LogP contribution in [0.3, 0.4) is 0 Å². The molecule has 0 radical (unpaired) electrons. The Morgan fingerprint density at radius 3 is 2.39 bits per heavy atom. The largest absolute Gasteiger partial charge is 0.489 e. The third-order valence-corrected chi connectivity index (χ3v) is 5.39. The third-order valence-electron chi connectivity index (χ3n) is 5.39. The first kappa shape index (κ1) is 23.8. The van der Waals surface area contributed by atoms with Gasteiger partial charge in [-0.15, -0.1) is 0 Å². The quantitative estimate of drug-likeness (QED) is 0.389. The Morgan fingerprint density at radius 2 is 1.67 bits per heavy atom. The summed E-state index contributed by atoms with van der Waals surface area (Å²) in [6.07, 6.45) is 2.49. The van der Waals surface area contributed by atoms with Gasteiger partial charge in [0.1, 0.15) is 12.4 Å². The number of nitrogens with one attached hydrogen (secondary N) is 1. The Labute approximate surface area is 194 Å². The highest BCUT2D eigenvalue weighted by atomic mass is 16.5. The highest BCUT2D eigenvalue weighted by Crippen LogP contribution is 2.23. The minimum atomic E-state index is -0.810. The van der Waals surface area contributed by atoms with E-state index in [0.717, 1.165) is 27.8 Å². The Balaban J connectivity index is 1.60. The Kier molecular flexibility index (Phi) is 8.42. The van der Waals surface area contributed by atoms with E-state index < -0.39 is 5.97 Å². The van der Waals surface area contributed by atoms with Crippen molar-refractivity contribution in [1.82, 2.24) is 5.32 Å². The molecule has 5 heteroatoms. The number of amides is 1. The molecule has 1 amide bonds. The first-order chi connectivity index (χ1) is 15.9. The van der Waals surface area contributed by atoms with Gasteiger partial charge in [-0.3, -0.25) is 9.59 Å². The van der Waals surface area contributed by atoms with Crippen molar-refractivity contribution in [2.75, 3.05) is 6.61 Å². The van der Waals surface area contributed by atoms with Crippen LogP contribution < -0.4 is 10.1 Å². The summed E-state index contributed by atoms with van der Waals surface area (Å²) in [5, 5.41) is 11.8. The number of carboxylic acid groups (broad SMARTS) is 1. The van der Waals surface area contributed by atoms with Gasteiger partial charge in [0, 0.05) is 24.1 Å². The Bertz CT molecular complexity index is 1140. The van der Waals surface area contributed by atoms with Crippen LogP contribution in [0.25, 0.3) is 11.1 Å². The second kappa shape index (κ2) is 11.7. The molecule has 33 heavy (non-hydrogen) atoms. The van der Waals surface area contributed by atoms with Crippen molar-refractivity contribution in [1.29, 1.82) is 0 Å². The summed E-state index contributed by atoms with van der Waals surface area (Å²) in [5.74, 6) is -0.253. The number of allylic oxidation sites excluding steroid dienone is 1. The summed E-state index contributed by atoms with van der Waals surface area (Å²) in [6, 6.07) is 23.5. The van der Waals surface area contributed by atoms with E-state index in [1.807, 2.05) is 92.7 Å². The zero-order valence-corrected chi connectivity index (χ0v) is 19.0. The smallest absolute Gasteiger partial charge is 0.303 e. The lowest BCUT2D eigenvalue weighted by atomic mass is 9.99. The van der Waals surface area contributed by atoms with Crippen molar-refractivity contribution < 1.29 is 19.4 Å². The summed E-state index contributed by atoms with van der Waals surface area (Å²) in [4.78, 5) is 23.5. The van der Waals surface area contributed by atoms with E-state index in [2.05, 4.69) is 5.32 Å². The number of aliphatic carboxylic acids is 1. The van der Waals surface area contributed by atoms with Crippen molar-refractivity contribution in [3.8, 4) is 16.9 Å². The molecule has 2 N–H and O–H groups in total. The summed E-state index contributed by atoms with van der Waals surface area (Å²) in [7, 11) is 0. The van der Waals surface area contributed by atoms with Crippen molar-refractivity contribution in [2.24, 2.45) is 0 Å². The normalized spacial score (nSPS) is 11.2. The second-order valence-electron chi connectivity index (χ2n) is 7.94. The SMILES string of the molecule is C/C(=C\COc1ccccc1CNC(=O)c1ccc(-c2ccccc2)cc1C)CCC(=O)O. The van der Waals surface area contributed by atoms with Crippen LogP contribution >= 0.6 is 0 Å². The summed E-state index contributed by atoms with van der Waals surface area (Å²) < 4.78 is 5.87. The molecule has 3 rings (SSSR count). The number of carbonyl (C=O) groups is 2. The van der Waals surface area contributed by atoms with Crippen LogP contribution in [0, 0.1) is 6.92 Å². The molecular formula is C28H29NO4. The molecule has 0 atom stereocenters. The number of para-hydroxylation sites is 1. The average molecular weight is 444 g/mol. The van der Waals surface area contributed by atoms with Gasteiger partial charge in [-0.1, -0.05) is 66.2 Å². The number of aryl methyl sites for hydroxylation is 1. The summed E-state index contributed by atoms with van der Waals surface area (Å²) in [6.45, 7) is 4.52. The standard InChI is InChI=1S/C28H29NO4/c1-20(12-15-27(30)31)16-17-33-26-11-7-6-10-24(26)19-29-28(32)25-14-13-23(18-21(25)2)22-8-4-3-5-9-22/h3-11,13-14,16,18H,12,15,17,19H2,1-2H3,(H,29,32)(H,30,31)/b20-16+. The summed E-state index contributed by atoms with van der Waals surface area (Å²) >= 11 is 0. The molecule has 0 aliphatic carbocycles. The molecule has 0 aliphatic heterocycles. The van der Waals surface area contributed by atoms with Crippen molar-refractivity contribution >= 4 is 11.9 Å². The van der Waals surface area contributed by atoms with Crippen LogP contribution in [-0.2, 0) is 11.3 Å². The monoisotopic (exact) mass is 443 g/mol. The van der Waals surface area contributed by atoms with Gasteiger partial charge in [0.25, 0.3) is 5.91 Å². The molecule has 0 unspecified atom stereocenters. The maximum absolute atomic E-state index is 12.8. The van der Waals surface area contributed by atoms with E-state index >= 15 is 0 Å². The number of carboxylic acids is 1. The van der Waals surface area contributed by atoms with Gasteiger partial charge >= 0.3 is 5.97 Å². The first-order valence-electron chi connectivity index (χ1n) is 11.0. The third kappa shape index (κ3) is 7.07. The molecule has 0 saturated carbocycles. The van der Waals surface area contributed by atoms with Gasteiger partial charge in [0.15, 0.2) is 0 Å². The van der Waals surface area contributed by atoms with Crippen LogP contribution in [0.15, 0.2) is 84.4 Å². The van der Waals surface area contributed by atoms with Gasteiger partial charge in [0.2, 0.25) is 0 Å². The molecule has 0 aliphatic rings. The molecule has 3 aromatic rings. The lowest BCUT2D eigenvalue weighted by molar-refractivity contribution is -0.136. The summed E-state index contributed by atoms with van der Waals surface area (Å²) in [5.41, 5.74) is 5.60. The van der Waals surface area contributed by atoms with Crippen LogP contribution in [0.1, 0.15) is 41.3 Å². The maximum Gasteiger partial charge on any atom is 0.303 e.